The van der Waals surface area contributed by atoms with Crippen LogP contribution in [-0.2, 0) is 11.2 Å². The number of carbonyl (C=O) groups is 1. The number of para-hydroxylation sites is 1. The van der Waals surface area contributed by atoms with Gasteiger partial charge in [0.25, 0.3) is 0 Å². The van der Waals surface area contributed by atoms with E-state index in [0.717, 1.165) is 58.2 Å². The number of hydrogen-bond acceptors (Lipinski definition) is 3. The first kappa shape index (κ1) is 21.1. The van der Waals surface area contributed by atoms with Crippen molar-refractivity contribution in [2.24, 2.45) is 11.7 Å². The van der Waals surface area contributed by atoms with Gasteiger partial charge in [-0.1, -0.05) is 24.6 Å². The van der Waals surface area contributed by atoms with Crippen LogP contribution in [-0.4, -0.2) is 31.6 Å². The highest BCUT2D eigenvalue weighted by atomic mass is 35.5. The maximum absolute atomic E-state index is 12.2. The molecular weight excluding hydrogens is 345 g/mol. The summed E-state index contributed by atoms with van der Waals surface area (Å²) in [6.07, 6.45) is 6.15. The number of amides is 1. The Kier molecular flexibility index (Phi) is 8.88. The molecular formula is C18H29Cl2N3O. The molecule has 1 heterocycles. The topological polar surface area (TPSA) is 58.4 Å². The molecule has 3 N–H and O–H groups in total. The maximum atomic E-state index is 12.2. The first-order valence-electron chi connectivity index (χ1n) is 8.60. The van der Waals surface area contributed by atoms with Gasteiger partial charge in [-0.15, -0.1) is 24.8 Å². The van der Waals surface area contributed by atoms with E-state index >= 15 is 0 Å². The van der Waals surface area contributed by atoms with Crippen molar-refractivity contribution in [3.8, 4) is 0 Å². The van der Waals surface area contributed by atoms with Gasteiger partial charge >= 0.3 is 0 Å². The van der Waals surface area contributed by atoms with Crippen molar-refractivity contribution in [2.45, 2.75) is 44.6 Å². The van der Waals surface area contributed by atoms with Crippen LogP contribution in [0.15, 0.2) is 24.3 Å². The summed E-state index contributed by atoms with van der Waals surface area (Å²) >= 11 is 0. The summed E-state index contributed by atoms with van der Waals surface area (Å²) in [4.78, 5) is 14.6. The molecule has 2 atom stereocenters. The third-order valence-corrected chi connectivity index (χ3v) is 4.97. The van der Waals surface area contributed by atoms with Gasteiger partial charge < -0.3 is 16.0 Å². The summed E-state index contributed by atoms with van der Waals surface area (Å²) in [7, 11) is 0. The first-order chi connectivity index (χ1) is 10.7. The second kappa shape index (κ2) is 10.1. The van der Waals surface area contributed by atoms with Crippen molar-refractivity contribution < 1.29 is 4.79 Å². The van der Waals surface area contributed by atoms with Gasteiger partial charge in [0.1, 0.15) is 0 Å². The van der Waals surface area contributed by atoms with E-state index in [1.165, 1.54) is 11.3 Å². The summed E-state index contributed by atoms with van der Waals surface area (Å²) in [5.74, 6) is 0.341. The predicted molar refractivity (Wildman–Crippen MR) is 104 cm³/mol. The summed E-state index contributed by atoms with van der Waals surface area (Å²) in [5.41, 5.74) is 8.77. The molecule has 1 amide bonds. The van der Waals surface area contributed by atoms with Crippen LogP contribution in [0.4, 0.5) is 5.69 Å². The molecule has 0 radical (unpaired) electrons. The largest absolute Gasteiger partial charge is 0.371 e. The van der Waals surface area contributed by atoms with E-state index in [2.05, 4.69) is 34.5 Å². The summed E-state index contributed by atoms with van der Waals surface area (Å²) in [6.45, 7) is 2.88. The number of nitrogens with zero attached hydrogens (tertiary/aromatic N) is 1. The quantitative estimate of drug-likeness (QED) is 0.780. The molecule has 1 fully saturated rings. The zero-order chi connectivity index (χ0) is 15.4. The molecule has 2 aliphatic rings. The van der Waals surface area contributed by atoms with Gasteiger partial charge in [-0.2, -0.15) is 0 Å². The van der Waals surface area contributed by atoms with E-state index in [4.69, 9.17) is 5.73 Å². The van der Waals surface area contributed by atoms with E-state index in [9.17, 15) is 4.79 Å². The minimum absolute atomic E-state index is 0. The average molecular weight is 374 g/mol. The number of nitrogens with two attached hydrogens (primary N) is 1. The molecule has 24 heavy (non-hydrogen) atoms. The van der Waals surface area contributed by atoms with Crippen LogP contribution in [0.1, 0.15) is 37.7 Å². The SMILES string of the molecule is Cl.Cl.NC1CCCC(C(=O)NCCCN2CCc3ccccc32)C1. The van der Waals surface area contributed by atoms with E-state index < -0.39 is 0 Å². The van der Waals surface area contributed by atoms with Crippen LogP contribution in [0.3, 0.4) is 0 Å². The van der Waals surface area contributed by atoms with Crippen molar-refractivity contribution in [3.05, 3.63) is 29.8 Å². The van der Waals surface area contributed by atoms with Gasteiger partial charge in [-0.3, -0.25) is 4.79 Å². The number of hydrogen-bond donors (Lipinski definition) is 2. The zero-order valence-corrected chi connectivity index (χ0v) is 15.7. The fourth-order valence-electron chi connectivity index (χ4n) is 3.73. The molecule has 6 heteroatoms. The fraction of sp³-hybridized carbons (Fsp3) is 0.611. The molecule has 0 saturated heterocycles. The lowest BCUT2D eigenvalue weighted by Gasteiger charge is -2.26. The Hall–Kier alpha value is -0.970. The highest BCUT2D eigenvalue weighted by Gasteiger charge is 2.25. The smallest absolute Gasteiger partial charge is 0.223 e. The second-order valence-corrected chi connectivity index (χ2v) is 6.63. The molecule has 1 aliphatic carbocycles. The van der Waals surface area contributed by atoms with Gasteiger partial charge in [0.15, 0.2) is 0 Å². The minimum Gasteiger partial charge on any atom is -0.371 e. The van der Waals surface area contributed by atoms with Crippen LogP contribution in [0.25, 0.3) is 0 Å². The molecule has 3 rings (SSSR count). The fourth-order valence-corrected chi connectivity index (χ4v) is 3.73. The van der Waals surface area contributed by atoms with Gasteiger partial charge in [-0.05, 0) is 43.7 Å². The van der Waals surface area contributed by atoms with Gasteiger partial charge in [-0.25, -0.2) is 0 Å². The number of fused-ring (bicyclic) bond motifs is 1. The van der Waals surface area contributed by atoms with Crippen LogP contribution in [0, 0.1) is 5.92 Å². The van der Waals surface area contributed by atoms with E-state index in [0.29, 0.717) is 0 Å². The standard InChI is InChI=1S/C18H27N3O.2ClH/c19-16-7-3-6-15(13-16)18(22)20-10-4-11-21-12-9-14-5-1-2-8-17(14)21;;/h1-2,5,8,15-16H,3-4,6-7,9-13,19H2,(H,20,22);2*1H. The molecule has 1 aromatic carbocycles. The van der Waals surface area contributed by atoms with Gasteiger partial charge in [0, 0.05) is 37.3 Å². The molecule has 0 aromatic heterocycles. The third kappa shape index (κ3) is 5.27. The van der Waals surface area contributed by atoms with Crippen LogP contribution >= 0.6 is 24.8 Å². The Morgan fingerprint density at radius 2 is 2.04 bits per heavy atom. The Balaban J connectivity index is 0.00000144. The summed E-state index contributed by atoms with van der Waals surface area (Å²) in [6, 6.07) is 8.83. The number of halogens is 2. The molecule has 2 unspecified atom stereocenters. The van der Waals surface area contributed by atoms with Crippen molar-refractivity contribution in [2.75, 3.05) is 24.5 Å². The maximum Gasteiger partial charge on any atom is 0.223 e. The van der Waals surface area contributed by atoms with Crippen molar-refractivity contribution in [1.29, 1.82) is 0 Å². The van der Waals surface area contributed by atoms with Gasteiger partial charge in [0.2, 0.25) is 5.91 Å². The number of carbonyl (C=O) groups excluding carboxylic acids is 1. The normalized spacial score (nSPS) is 22.1. The zero-order valence-electron chi connectivity index (χ0n) is 14.1. The molecule has 4 nitrogen and oxygen atoms in total. The van der Waals surface area contributed by atoms with Crippen molar-refractivity contribution in [1.82, 2.24) is 5.32 Å². The number of benzene rings is 1. The molecule has 1 aliphatic heterocycles. The lowest BCUT2D eigenvalue weighted by atomic mass is 9.85. The highest BCUT2D eigenvalue weighted by molar-refractivity contribution is 5.85. The van der Waals surface area contributed by atoms with E-state index in [1.807, 2.05) is 0 Å². The number of anilines is 1. The molecule has 1 saturated carbocycles. The summed E-state index contributed by atoms with van der Waals surface area (Å²) in [5, 5.41) is 3.10. The van der Waals surface area contributed by atoms with Gasteiger partial charge in [0.05, 0.1) is 0 Å². The Bertz CT molecular complexity index is 527. The lowest BCUT2D eigenvalue weighted by molar-refractivity contribution is -0.126. The molecule has 1 aromatic rings. The average Bonchev–Trinajstić information content (AvgIpc) is 2.95. The monoisotopic (exact) mass is 373 g/mol. The third-order valence-electron chi connectivity index (χ3n) is 4.97. The van der Waals surface area contributed by atoms with Crippen molar-refractivity contribution >= 4 is 36.4 Å². The lowest BCUT2D eigenvalue weighted by Crippen LogP contribution is -2.38. The van der Waals surface area contributed by atoms with E-state index in [1.54, 1.807) is 0 Å². The molecule has 0 spiro atoms. The van der Waals surface area contributed by atoms with Crippen molar-refractivity contribution in [3.63, 3.8) is 0 Å². The minimum atomic E-state index is 0. The van der Waals surface area contributed by atoms with Crippen LogP contribution < -0.4 is 16.0 Å². The first-order valence-corrected chi connectivity index (χ1v) is 8.60. The Labute approximate surface area is 157 Å². The Morgan fingerprint density at radius 3 is 2.83 bits per heavy atom. The molecule has 136 valence electrons. The number of rotatable bonds is 5. The number of nitrogens with one attached hydrogen (secondary N) is 1. The predicted octanol–water partition coefficient (Wildman–Crippen LogP) is 2.92. The highest BCUT2D eigenvalue weighted by Crippen LogP contribution is 2.27. The van der Waals surface area contributed by atoms with Crippen LogP contribution in [0.2, 0.25) is 0 Å². The van der Waals surface area contributed by atoms with Crippen LogP contribution in [0.5, 0.6) is 0 Å². The summed E-state index contributed by atoms with van der Waals surface area (Å²) < 4.78 is 0. The molecule has 0 bridgehead atoms. The Morgan fingerprint density at radius 1 is 1.25 bits per heavy atom. The van der Waals surface area contributed by atoms with E-state index in [-0.39, 0.29) is 42.7 Å². The second-order valence-electron chi connectivity index (χ2n) is 6.63.